The lowest BCUT2D eigenvalue weighted by atomic mass is 10.0. The van der Waals surface area contributed by atoms with Gasteiger partial charge in [0.2, 0.25) is 5.91 Å². The standard InChI is InChI=1S/C23H23Cl2NO4/c24-17-7-3-4-8-20(17)30-21-11-9-16(13-18(21)25)14-19(23(28)29)26-22(27)12-10-15-5-1-2-6-15/h3-4,7-9,11,13-15H,1-2,5-6,10,12H2,(H,26,27)(H,28,29)/b19-14+. The summed E-state index contributed by atoms with van der Waals surface area (Å²) >= 11 is 12.4. The van der Waals surface area contributed by atoms with Crippen LogP contribution in [-0.2, 0) is 9.59 Å². The molecule has 158 valence electrons. The summed E-state index contributed by atoms with van der Waals surface area (Å²) in [4.78, 5) is 23.8. The van der Waals surface area contributed by atoms with Gasteiger partial charge < -0.3 is 15.2 Å². The number of carboxylic acids is 1. The van der Waals surface area contributed by atoms with E-state index in [4.69, 9.17) is 27.9 Å². The lowest BCUT2D eigenvalue weighted by Crippen LogP contribution is -2.27. The van der Waals surface area contributed by atoms with Gasteiger partial charge in [0.05, 0.1) is 10.0 Å². The highest BCUT2D eigenvalue weighted by Gasteiger charge is 2.18. The number of carboxylic acid groups (broad SMARTS) is 1. The maximum absolute atomic E-state index is 12.2. The molecular formula is C23H23Cl2NO4. The molecule has 0 aliphatic heterocycles. The zero-order valence-corrected chi connectivity index (χ0v) is 17.9. The Bertz CT molecular complexity index is 952. The first-order valence-electron chi connectivity index (χ1n) is 9.89. The van der Waals surface area contributed by atoms with Gasteiger partial charge in [-0.05, 0) is 48.2 Å². The molecule has 30 heavy (non-hydrogen) atoms. The fourth-order valence-corrected chi connectivity index (χ4v) is 3.90. The SMILES string of the molecule is O=C(CCC1CCCC1)N/C(=C/c1ccc(Oc2ccccc2Cl)c(Cl)c1)C(=O)O. The molecule has 3 rings (SSSR count). The molecule has 7 heteroatoms. The number of ether oxygens (including phenoxy) is 1. The topological polar surface area (TPSA) is 75.6 Å². The normalized spacial score (nSPS) is 14.5. The van der Waals surface area contributed by atoms with Crippen molar-refractivity contribution in [3.63, 3.8) is 0 Å². The Hall–Kier alpha value is -2.50. The number of carbonyl (C=O) groups excluding carboxylic acids is 1. The Labute approximate surface area is 185 Å². The summed E-state index contributed by atoms with van der Waals surface area (Å²) in [5, 5.41) is 12.7. The van der Waals surface area contributed by atoms with Crippen LogP contribution in [0.25, 0.3) is 6.08 Å². The van der Waals surface area contributed by atoms with Gasteiger partial charge in [0, 0.05) is 6.42 Å². The molecule has 5 nitrogen and oxygen atoms in total. The van der Waals surface area contributed by atoms with E-state index in [1.54, 1.807) is 42.5 Å². The van der Waals surface area contributed by atoms with Crippen LogP contribution in [0.5, 0.6) is 11.5 Å². The minimum atomic E-state index is -1.21. The van der Waals surface area contributed by atoms with Crippen molar-refractivity contribution in [3.8, 4) is 11.5 Å². The fraction of sp³-hybridized carbons (Fsp3) is 0.304. The van der Waals surface area contributed by atoms with Crippen molar-refractivity contribution in [1.29, 1.82) is 0 Å². The number of rotatable bonds is 8. The first-order valence-corrected chi connectivity index (χ1v) is 10.6. The molecule has 2 aromatic rings. The average Bonchev–Trinajstić information content (AvgIpc) is 3.23. The summed E-state index contributed by atoms with van der Waals surface area (Å²) in [6.45, 7) is 0. The van der Waals surface area contributed by atoms with Gasteiger partial charge in [0.1, 0.15) is 17.2 Å². The van der Waals surface area contributed by atoms with Crippen molar-refractivity contribution in [1.82, 2.24) is 5.32 Å². The summed E-state index contributed by atoms with van der Waals surface area (Å²) < 4.78 is 5.72. The molecule has 0 unspecified atom stereocenters. The van der Waals surface area contributed by atoms with Crippen molar-refractivity contribution in [2.24, 2.45) is 5.92 Å². The van der Waals surface area contributed by atoms with Gasteiger partial charge in [0.15, 0.2) is 0 Å². The van der Waals surface area contributed by atoms with Gasteiger partial charge in [-0.3, -0.25) is 4.79 Å². The van der Waals surface area contributed by atoms with Crippen molar-refractivity contribution in [2.75, 3.05) is 0 Å². The predicted octanol–water partition coefficient (Wildman–Crippen LogP) is 6.30. The minimum absolute atomic E-state index is 0.192. The van der Waals surface area contributed by atoms with Crippen LogP contribution in [0.2, 0.25) is 10.0 Å². The third-order valence-electron chi connectivity index (χ3n) is 5.08. The maximum atomic E-state index is 12.2. The van der Waals surface area contributed by atoms with E-state index in [0.717, 1.165) is 19.3 Å². The van der Waals surface area contributed by atoms with E-state index in [1.807, 2.05) is 0 Å². The Morgan fingerprint density at radius 2 is 1.77 bits per heavy atom. The van der Waals surface area contributed by atoms with Crippen LogP contribution in [-0.4, -0.2) is 17.0 Å². The van der Waals surface area contributed by atoms with E-state index in [0.29, 0.717) is 39.4 Å². The van der Waals surface area contributed by atoms with Crippen molar-refractivity contribution in [2.45, 2.75) is 38.5 Å². The molecule has 0 saturated heterocycles. The summed E-state index contributed by atoms with van der Waals surface area (Å²) in [5.41, 5.74) is 0.335. The molecule has 0 atom stereocenters. The lowest BCUT2D eigenvalue weighted by molar-refractivity contribution is -0.134. The quantitative estimate of drug-likeness (QED) is 0.465. The summed E-state index contributed by atoms with van der Waals surface area (Å²) in [5.74, 6) is -0.0842. The molecule has 0 bridgehead atoms. The summed E-state index contributed by atoms with van der Waals surface area (Å²) in [6, 6.07) is 11.9. The monoisotopic (exact) mass is 447 g/mol. The van der Waals surface area contributed by atoms with E-state index in [2.05, 4.69) is 5.32 Å². The van der Waals surface area contributed by atoms with E-state index >= 15 is 0 Å². The first-order chi connectivity index (χ1) is 14.4. The first kappa shape index (κ1) is 22.2. The van der Waals surface area contributed by atoms with Crippen LogP contribution in [0, 0.1) is 5.92 Å². The average molecular weight is 448 g/mol. The molecule has 1 fully saturated rings. The number of aliphatic carboxylic acids is 1. The maximum Gasteiger partial charge on any atom is 0.352 e. The fourth-order valence-electron chi connectivity index (χ4n) is 3.50. The third-order valence-corrected chi connectivity index (χ3v) is 5.69. The van der Waals surface area contributed by atoms with E-state index in [-0.39, 0.29) is 11.6 Å². The third kappa shape index (κ3) is 6.25. The smallest absolute Gasteiger partial charge is 0.352 e. The number of amides is 1. The second-order valence-corrected chi connectivity index (χ2v) is 8.14. The highest BCUT2D eigenvalue weighted by molar-refractivity contribution is 6.33. The van der Waals surface area contributed by atoms with Gasteiger partial charge in [-0.1, -0.05) is 67.1 Å². The molecule has 0 aromatic heterocycles. The van der Waals surface area contributed by atoms with Crippen LogP contribution >= 0.6 is 23.2 Å². The minimum Gasteiger partial charge on any atom is -0.477 e. The van der Waals surface area contributed by atoms with Gasteiger partial charge in [0.25, 0.3) is 0 Å². The molecule has 0 spiro atoms. The van der Waals surface area contributed by atoms with Gasteiger partial charge in [-0.25, -0.2) is 4.79 Å². The Balaban J connectivity index is 1.67. The van der Waals surface area contributed by atoms with E-state index in [9.17, 15) is 14.7 Å². The molecule has 2 aromatic carbocycles. The van der Waals surface area contributed by atoms with Crippen LogP contribution in [0.15, 0.2) is 48.2 Å². The number of benzene rings is 2. The molecule has 1 saturated carbocycles. The van der Waals surface area contributed by atoms with Gasteiger partial charge in [-0.15, -0.1) is 0 Å². The molecule has 1 aliphatic rings. The van der Waals surface area contributed by atoms with Crippen molar-refractivity contribution < 1.29 is 19.4 Å². The van der Waals surface area contributed by atoms with Crippen molar-refractivity contribution in [3.05, 3.63) is 63.8 Å². The number of halogens is 2. The van der Waals surface area contributed by atoms with Gasteiger partial charge >= 0.3 is 5.97 Å². The zero-order valence-electron chi connectivity index (χ0n) is 16.4. The summed E-state index contributed by atoms with van der Waals surface area (Å²) in [7, 11) is 0. The highest BCUT2D eigenvalue weighted by atomic mass is 35.5. The number of hydrogen-bond acceptors (Lipinski definition) is 3. The summed E-state index contributed by atoms with van der Waals surface area (Å²) in [6.07, 6.45) is 7.21. The molecular weight excluding hydrogens is 425 g/mol. The molecule has 0 radical (unpaired) electrons. The largest absolute Gasteiger partial charge is 0.477 e. The van der Waals surface area contributed by atoms with Gasteiger partial charge in [-0.2, -0.15) is 0 Å². The zero-order chi connectivity index (χ0) is 21.5. The predicted molar refractivity (Wildman–Crippen MR) is 118 cm³/mol. The van der Waals surface area contributed by atoms with Crippen LogP contribution < -0.4 is 10.1 Å². The second kappa shape index (κ2) is 10.5. The number of para-hydroxylation sites is 1. The molecule has 1 amide bonds. The van der Waals surface area contributed by atoms with Crippen molar-refractivity contribution >= 4 is 41.2 Å². The van der Waals surface area contributed by atoms with E-state index < -0.39 is 5.97 Å². The Morgan fingerprint density at radius 3 is 2.43 bits per heavy atom. The van der Waals surface area contributed by atoms with Crippen LogP contribution in [0.4, 0.5) is 0 Å². The Morgan fingerprint density at radius 1 is 1.07 bits per heavy atom. The molecule has 2 N–H and O–H groups in total. The number of carbonyl (C=O) groups is 2. The lowest BCUT2D eigenvalue weighted by Gasteiger charge is -2.11. The second-order valence-electron chi connectivity index (χ2n) is 7.32. The Kier molecular flexibility index (Phi) is 7.77. The van der Waals surface area contributed by atoms with Crippen LogP contribution in [0.3, 0.4) is 0 Å². The number of nitrogens with one attached hydrogen (secondary N) is 1. The van der Waals surface area contributed by atoms with Crippen LogP contribution in [0.1, 0.15) is 44.1 Å². The van der Waals surface area contributed by atoms with E-state index in [1.165, 1.54) is 18.9 Å². The number of hydrogen-bond donors (Lipinski definition) is 2. The molecule has 1 aliphatic carbocycles. The molecule has 0 heterocycles. The highest BCUT2D eigenvalue weighted by Crippen LogP contribution is 2.34.